The first-order valence-corrected chi connectivity index (χ1v) is 6.46. The van der Waals surface area contributed by atoms with Gasteiger partial charge < -0.3 is 10.6 Å². The first-order chi connectivity index (χ1) is 9.69. The molecule has 1 heterocycles. The van der Waals surface area contributed by atoms with E-state index in [1.54, 1.807) is 12.3 Å². The number of aromatic nitrogens is 1. The van der Waals surface area contributed by atoms with Gasteiger partial charge in [-0.3, -0.25) is 4.79 Å². The van der Waals surface area contributed by atoms with Crippen LogP contribution in [0.5, 0.6) is 0 Å². The van der Waals surface area contributed by atoms with E-state index in [-0.39, 0.29) is 11.7 Å². The van der Waals surface area contributed by atoms with Gasteiger partial charge in [-0.1, -0.05) is 6.92 Å². The van der Waals surface area contributed by atoms with Crippen molar-refractivity contribution in [1.82, 2.24) is 4.98 Å². The number of anilines is 2. The lowest BCUT2D eigenvalue weighted by atomic mass is 10.2. The first kappa shape index (κ1) is 14.0. The van der Waals surface area contributed by atoms with Crippen molar-refractivity contribution in [3.63, 3.8) is 0 Å². The van der Waals surface area contributed by atoms with Crippen LogP contribution < -0.4 is 10.6 Å². The van der Waals surface area contributed by atoms with Gasteiger partial charge in [0.2, 0.25) is 0 Å². The fourth-order valence-corrected chi connectivity index (χ4v) is 1.63. The number of nitrogens with one attached hydrogen (secondary N) is 2. The topological polar surface area (TPSA) is 54.0 Å². The normalized spacial score (nSPS) is 10.1. The van der Waals surface area contributed by atoms with Gasteiger partial charge in [0.15, 0.2) is 0 Å². The van der Waals surface area contributed by atoms with Crippen molar-refractivity contribution in [3.05, 3.63) is 54.1 Å². The minimum Gasteiger partial charge on any atom is -0.384 e. The van der Waals surface area contributed by atoms with Crippen LogP contribution in [0.15, 0.2) is 42.6 Å². The minimum atomic E-state index is -0.340. The maximum atomic E-state index is 12.8. The molecule has 2 aromatic rings. The monoisotopic (exact) mass is 273 g/mol. The summed E-state index contributed by atoms with van der Waals surface area (Å²) in [7, 11) is 0. The van der Waals surface area contributed by atoms with E-state index in [0.717, 1.165) is 18.7 Å². The van der Waals surface area contributed by atoms with E-state index in [1.165, 1.54) is 24.3 Å². The number of pyridine rings is 1. The summed E-state index contributed by atoms with van der Waals surface area (Å²) in [6, 6.07) is 9.05. The number of hydrogen-bond acceptors (Lipinski definition) is 3. The number of nitrogens with zero attached hydrogens (tertiary/aromatic N) is 1. The molecule has 2 rings (SSSR count). The van der Waals surface area contributed by atoms with Gasteiger partial charge in [0.05, 0.1) is 11.9 Å². The Morgan fingerprint density at radius 3 is 2.45 bits per heavy atom. The third kappa shape index (κ3) is 3.78. The van der Waals surface area contributed by atoms with E-state index < -0.39 is 0 Å². The molecule has 0 atom stereocenters. The predicted octanol–water partition coefficient (Wildman–Crippen LogP) is 3.29. The molecule has 0 saturated carbocycles. The quantitative estimate of drug-likeness (QED) is 0.879. The highest BCUT2D eigenvalue weighted by molar-refractivity contribution is 6.02. The van der Waals surface area contributed by atoms with E-state index in [2.05, 4.69) is 22.5 Å². The van der Waals surface area contributed by atoms with Gasteiger partial charge in [-0.2, -0.15) is 0 Å². The smallest absolute Gasteiger partial charge is 0.274 e. The Bertz CT molecular complexity index is 567. The van der Waals surface area contributed by atoms with Gasteiger partial charge in [-0.15, -0.1) is 0 Å². The lowest BCUT2D eigenvalue weighted by Gasteiger charge is -2.06. The molecule has 20 heavy (non-hydrogen) atoms. The highest BCUT2D eigenvalue weighted by atomic mass is 19.1. The predicted molar refractivity (Wildman–Crippen MR) is 77.4 cm³/mol. The molecule has 1 aromatic heterocycles. The molecule has 0 aliphatic rings. The number of hydrogen-bond donors (Lipinski definition) is 2. The molecule has 0 unspecified atom stereocenters. The summed E-state index contributed by atoms with van der Waals surface area (Å²) in [6.45, 7) is 2.94. The zero-order valence-electron chi connectivity index (χ0n) is 11.2. The summed E-state index contributed by atoms with van der Waals surface area (Å²) in [4.78, 5) is 16.0. The second kappa shape index (κ2) is 6.65. The number of benzene rings is 1. The molecule has 1 amide bonds. The number of carbonyl (C=O) groups excluding carboxylic acids is 1. The maximum Gasteiger partial charge on any atom is 0.274 e. The first-order valence-electron chi connectivity index (χ1n) is 6.46. The van der Waals surface area contributed by atoms with Crippen LogP contribution in [0.4, 0.5) is 15.8 Å². The summed E-state index contributed by atoms with van der Waals surface area (Å²) in [5, 5.41) is 5.84. The second-order valence-corrected chi connectivity index (χ2v) is 4.32. The molecule has 0 fully saturated rings. The van der Waals surface area contributed by atoms with Crippen LogP contribution in [-0.4, -0.2) is 17.4 Å². The highest BCUT2D eigenvalue weighted by Gasteiger charge is 2.07. The molecule has 5 heteroatoms. The number of rotatable bonds is 5. The minimum absolute atomic E-state index is 0.316. The lowest BCUT2D eigenvalue weighted by Crippen LogP contribution is -2.13. The molecule has 2 N–H and O–H groups in total. The molecular weight excluding hydrogens is 257 g/mol. The zero-order valence-corrected chi connectivity index (χ0v) is 11.2. The number of carbonyl (C=O) groups is 1. The summed E-state index contributed by atoms with van der Waals surface area (Å²) in [5.74, 6) is -0.661. The van der Waals surface area contributed by atoms with Crippen molar-refractivity contribution in [2.45, 2.75) is 13.3 Å². The largest absolute Gasteiger partial charge is 0.384 e. The van der Waals surface area contributed by atoms with E-state index in [4.69, 9.17) is 0 Å². The molecule has 0 aliphatic carbocycles. The third-order valence-electron chi connectivity index (χ3n) is 2.68. The average molecular weight is 273 g/mol. The van der Waals surface area contributed by atoms with Crippen molar-refractivity contribution in [2.75, 3.05) is 17.2 Å². The van der Waals surface area contributed by atoms with Gasteiger partial charge >= 0.3 is 0 Å². The summed E-state index contributed by atoms with van der Waals surface area (Å²) >= 11 is 0. The Balaban J connectivity index is 2.00. The summed E-state index contributed by atoms with van der Waals surface area (Å²) in [5.41, 5.74) is 1.73. The molecular formula is C15H16FN3O. The Morgan fingerprint density at radius 1 is 1.15 bits per heavy atom. The van der Waals surface area contributed by atoms with Crippen molar-refractivity contribution in [2.24, 2.45) is 0 Å². The SMILES string of the molecule is CCCNc1ccc(C(=O)Nc2ccc(F)cc2)nc1. The highest BCUT2D eigenvalue weighted by Crippen LogP contribution is 2.11. The Hall–Kier alpha value is -2.43. The molecule has 0 spiro atoms. The van der Waals surface area contributed by atoms with Crippen LogP contribution >= 0.6 is 0 Å². The van der Waals surface area contributed by atoms with Gasteiger partial charge in [-0.25, -0.2) is 9.37 Å². The van der Waals surface area contributed by atoms with Crippen molar-refractivity contribution < 1.29 is 9.18 Å². The van der Waals surface area contributed by atoms with Gasteiger partial charge in [-0.05, 0) is 42.8 Å². The molecule has 0 aliphatic heterocycles. The third-order valence-corrected chi connectivity index (χ3v) is 2.68. The molecule has 104 valence electrons. The second-order valence-electron chi connectivity index (χ2n) is 4.32. The van der Waals surface area contributed by atoms with Crippen LogP contribution in [0.3, 0.4) is 0 Å². The van der Waals surface area contributed by atoms with Crippen molar-refractivity contribution in [1.29, 1.82) is 0 Å². The summed E-state index contributed by atoms with van der Waals surface area (Å²) < 4.78 is 12.8. The van der Waals surface area contributed by atoms with Crippen molar-refractivity contribution >= 4 is 17.3 Å². The Kier molecular flexibility index (Phi) is 4.65. The van der Waals surface area contributed by atoms with Gasteiger partial charge in [0.1, 0.15) is 11.5 Å². The van der Waals surface area contributed by atoms with E-state index in [1.807, 2.05) is 6.07 Å². The molecule has 0 saturated heterocycles. The maximum absolute atomic E-state index is 12.8. The van der Waals surface area contributed by atoms with Crippen LogP contribution in [0.25, 0.3) is 0 Å². The molecule has 0 bridgehead atoms. The molecule has 4 nitrogen and oxygen atoms in total. The zero-order chi connectivity index (χ0) is 14.4. The summed E-state index contributed by atoms with van der Waals surface area (Å²) in [6.07, 6.45) is 2.64. The van der Waals surface area contributed by atoms with E-state index in [9.17, 15) is 9.18 Å². The Labute approximate surface area is 117 Å². The fourth-order valence-electron chi connectivity index (χ4n) is 1.63. The molecule has 0 radical (unpaired) electrons. The van der Waals surface area contributed by atoms with Crippen LogP contribution in [0, 0.1) is 5.82 Å². The van der Waals surface area contributed by atoms with E-state index >= 15 is 0 Å². The van der Waals surface area contributed by atoms with Crippen molar-refractivity contribution in [3.8, 4) is 0 Å². The van der Waals surface area contributed by atoms with Crippen LogP contribution in [0.1, 0.15) is 23.8 Å². The lowest BCUT2D eigenvalue weighted by molar-refractivity contribution is 0.102. The Morgan fingerprint density at radius 2 is 1.85 bits per heavy atom. The molecule has 1 aromatic carbocycles. The van der Waals surface area contributed by atoms with E-state index in [0.29, 0.717) is 11.4 Å². The van der Waals surface area contributed by atoms with Gasteiger partial charge in [0.25, 0.3) is 5.91 Å². The number of amides is 1. The van der Waals surface area contributed by atoms with Crippen LogP contribution in [-0.2, 0) is 0 Å². The number of halogens is 1. The van der Waals surface area contributed by atoms with Crippen LogP contribution in [0.2, 0.25) is 0 Å². The van der Waals surface area contributed by atoms with Gasteiger partial charge in [0, 0.05) is 12.2 Å². The average Bonchev–Trinajstić information content (AvgIpc) is 2.48. The standard InChI is InChI=1S/C15H16FN3O/c1-2-9-17-13-7-8-14(18-10-13)15(20)19-12-5-3-11(16)4-6-12/h3-8,10,17H,2,9H2,1H3,(H,19,20). The fraction of sp³-hybridized carbons (Fsp3) is 0.200.